The molecule has 1 amide bonds. The molecule has 1 aromatic carbocycles. The van der Waals surface area contributed by atoms with E-state index in [4.69, 9.17) is 10.5 Å². The van der Waals surface area contributed by atoms with E-state index in [0.717, 1.165) is 5.56 Å². The summed E-state index contributed by atoms with van der Waals surface area (Å²) in [5.41, 5.74) is 6.68. The first-order valence-corrected chi connectivity index (χ1v) is 5.12. The van der Waals surface area contributed by atoms with E-state index in [1.807, 2.05) is 12.1 Å². The third kappa shape index (κ3) is 2.06. The summed E-state index contributed by atoms with van der Waals surface area (Å²) in [6.07, 6.45) is -1.19. The van der Waals surface area contributed by atoms with Crippen LogP contribution < -0.4 is 11.1 Å². The average molecular weight is 222 g/mol. The number of ether oxygens (including phenoxy) is 1. The van der Waals surface area contributed by atoms with Crippen molar-refractivity contribution in [3.05, 3.63) is 35.4 Å². The molecule has 0 saturated carbocycles. The lowest BCUT2D eigenvalue weighted by atomic mass is 10.1. The van der Waals surface area contributed by atoms with Crippen molar-refractivity contribution in [2.24, 2.45) is 5.73 Å². The van der Waals surface area contributed by atoms with Gasteiger partial charge in [0.05, 0.1) is 12.7 Å². The Balaban J connectivity index is 2.06. The molecule has 5 heteroatoms. The number of hydrogen-bond acceptors (Lipinski definition) is 4. The Hall–Kier alpha value is -1.43. The van der Waals surface area contributed by atoms with Gasteiger partial charge in [0.2, 0.25) is 0 Å². The van der Waals surface area contributed by atoms with Crippen molar-refractivity contribution in [1.82, 2.24) is 5.32 Å². The third-order valence-electron chi connectivity index (χ3n) is 2.48. The normalized spacial score (nSPS) is 20.4. The van der Waals surface area contributed by atoms with Crippen LogP contribution in [0.2, 0.25) is 0 Å². The van der Waals surface area contributed by atoms with E-state index < -0.39 is 12.3 Å². The molecule has 2 atom stereocenters. The van der Waals surface area contributed by atoms with Gasteiger partial charge in [-0.2, -0.15) is 0 Å². The Labute approximate surface area is 93.2 Å². The van der Waals surface area contributed by atoms with Gasteiger partial charge in [0.1, 0.15) is 0 Å². The van der Waals surface area contributed by atoms with Crippen LogP contribution >= 0.6 is 0 Å². The number of benzene rings is 1. The quantitative estimate of drug-likeness (QED) is 0.656. The summed E-state index contributed by atoms with van der Waals surface area (Å²) in [6, 6.07) is 7.21. The molecule has 5 nitrogen and oxygen atoms in total. The molecule has 0 fully saturated rings. The van der Waals surface area contributed by atoms with Crippen molar-refractivity contribution in [1.29, 1.82) is 0 Å². The summed E-state index contributed by atoms with van der Waals surface area (Å²) in [5.74, 6) is -0.150. The maximum absolute atomic E-state index is 11.5. The average Bonchev–Trinajstić information content (AvgIpc) is 2.64. The molecule has 1 aliphatic heterocycles. The SMILES string of the molecule is NCC(O)COC1NC(=O)c2ccccc21. The molecule has 0 saturated heterocycles. The second kappa shape index (κ2) is 4.61. The molecule has 0 bridgehead atoms. The summed E-state index contributed by atoms with van der Waals surface area (Å²) in [4.78, 5) is 11.5. The second-order valence-electron chi connectivity index (χ2n) is 3.66. The Morgan fingerprint density at radius 2 is 2.25 bits per heavy atom. The number of rotatable bonds is 4. The van der Waals surface area contributed by atoms with E-state index in [2.05, 4.69) is 5.32 Å². The summed E-state index contributed by atoms with van der Waals surface area (Å²) in [6.45, 7) is 0.248. The summed E-state index contributed by atoms with van der Waals surface area (Å²) < 4.78 is 5.39. The van der Waals surface area contributed by atoms with Gasteiger partial charge in [-0.15, -0.1) is 0 Å². The lowest BCUT2D eigenvalue weighted by Gasteiger charge is -2.15. The minimum Gasteiger partial charge on any atom is -0.389 e. The molecule has 4 N–H and O–H groups in total. The van der Waals surface area contributed by atoms with Crippen LogP contribution in [-0.2, 0) is 4.74 Å². The molecule has 16 heavy (non-hydrogen) atoms. The van der Waals surface area contributed by atoms with E-state index in [0.29, 0.717) is 5.56 Å². The van der Waals surface area contributed by atoms with E-state index >= 15 is 0 Å². The highest BCUT2D eigenvalue weighted by molar-refractivity contribution is 5.98. The van der Waals surface area contributed by atoms with Crippen molar-refractivity contribution < 1.29 is 14.6 Å². The molecule has 1 aliphatic rings. The largest absolute Gasteiger partial charge is 0.389 e. The zero-order chi connectivity index (χ0) is 11.5. The standard InChI is InChI=1S/C11H14N2O3/c12-5-7(14)6-16-11-9-4-2-1-3-8(9)10(15)13-11/h1-4,7,11,14H,5-6,12H2,(H,13,15). The molecule has 0 spiro atoms. The fourth-order valence-electron chi connectivity index (χ4n) is 1.61. The van der Waals surface area contributed by atoms with E-state index in [1.165, 1.54) is 0 Å². The maximum atomic E-state index is 11.5. The molecule has 0 aliphatic carbocycles. The molecule has 0 aromatic heterocycles. The van der Waals surface area contributed by atoms with Crippen LogP contribution in [0.3, 0.4) is 0 Å². The smallest absolute Gasteiger partial charge is 0.253 e. The minimum absolute atomic E-state index is 0.107. The Morgan fingerprint density at radius 3 is 3.00 bits per heavy atom. The van der Waals surface area contributed by atoms with Crippen LogP contribution in [0.1, 0.15) is 22.1 Å². The zero-order valence-corrected chi connectivity index (χ0v) is 8.72. The molecule has 1 aromatic rings. The Bertz CT molecular complexity index is 395. The number of aliphatic hydroxyl groups excluding tert-OH is 1. The summed E-state index contributed by atoms with van der Waals surface area (Å²) in [7, 11) is 0. The lowest BCUT2D eigenvalue weighted by molar-refractivity contribution is -0.0156. The number of fused-ring (bicyclic) bond motifs is 1. The monoisotopic (exact) mass is 222 g/mol. The molecule has 2 rings (SSSR count). The zero-order valence-electron chi connectivity index (χ0n) is 8.72. The van der Waals surface area contributed by atoms with Crippen LogP contribution in [0, 0.1) is 0 Å². The van der Waals surface area contributed by atoms with Gasteiger partial charge in [-0.05, 0) is 6.07 Å². The van der Waals surface area contributed by atoms with Crippen molar-refractivity contribution in [2.45, 2.75) is 12.3 Å². The Morgan fingerprint density at radius 1 is 1.50 bits per heavy atom. The van der Waals surface area contributed by atoms with Crippen LogP contribution in [0.4, 0.5) is 0 Å². The predicted octanol–water partition coefficient (Wildman–Crippen LogP) is -0.235. The van der Waals surface area contributed by atoms with Gasteiger partial charge in [0, 0.05) is 17.7 Å². The first-order valence-electron chi connectivity index (χ1n) is 5.12. The van der Waals surface area contributed by atoms with E-state index in [-0.39, 0.29) is 19.1 Å². The van der Waals surface area contributed by atoms with Gasteiger partial charge < -0.3 is 20.9 Å². The molecular weight excluding hydrogens is 208 g/mol. The van der Waals surface area contributed by atoms with Crippen molar-refractivity contribution in [2.75, 3.05) is 13.2 Å². The van der Waals surface area contributed by atoms with E-state index in [1.54, 1.807) is 12.1 Å². The molecule has 86 valence electrons. The number of hydrogen-bond donors (Lipinski definition) is 3. The summed E-state index contributed by atoms with van der Waals surface area (Å²) in [5, 5.41) is 12.0. The van der Waals surface area contributed by atoms with Gasteiger partial charge >= 0.3 is 0 Å². The first kappa shape index (κ1) is 11.1. The number of carbonyl (C=O) groups excluding carboxylic acids is 1. The number of amides is 1. The molecule has 2 unspecified atom stereocenters. The first-order chi connectivity index (χ1) is 7.72. The van der Waals surface area contributed by atoms with Crippen LogP contribution in [0.25, 0.3) is 0 Å². The lowest BCUT2D eigenvalue weighted by Crippen LogP contribution is -2.29. The highest BCUT2D eigenvalue weighted by Gasteiger charge is 2.28. The minimum atomic E-state index is -0.704. The van der Waals surface area contributed by atoms with Gasteiger partial charge in [0.15, 0.2) is 6.23 Å². The highest BCUT2D eigenvalue weighted by atomic mass is 16.5. The highest BCUT2D eigenvalue weighted by Crippen LogP contribution is 2.25. The molecule has 1 heterocycles. The summed E-state index contributed by atoms with van der Waals surface area (Å²) >= 11 is 0. The molecule has 0 radical (unpaired) electrons. The van der Waals surface area contributed by atoms with Gasteiger partial charge in [-0.1, -0.05) is 18.2 Å². The van der Waals surface area contributed by atoms with Crippen molar-refractivity contribution in [3.8, 4) is 0 Å². The van der Waals surface area contributed by atoms with Crippen LogP contribution in [-0.4, -0.2) is 30.3 Å². The number of aliphatic hydroxyl groups is 1. The van der Waals surface area contributed by atoms with Gasteiger partial charge in [-0.3, -0.25) is 4.79 Å². The topological polar surface area (TPSA) is 84.6 Å². The van der Waals surface area contributed by atoms with Gasteiger partial charge in [0.25, 0.3) is 5.91 Å². The Kier molecular flexibility index (Phi) is 3.19. The fourth-order valence-corrected chi connectivity index (χ4v) is 1.61. The van der Waals surface area contributed by atoms with E-state index in [9.17, 15) is 9.90 Å². The molecular formula is C11H14N2O3. The second-order valence-corrected chi connectivity index (χ2v) is 3.66. The van der Waals surface area contributed by atoms with Crippen molar-refractivity contribution >= 4 is 5.91 Å². The maximum Gasteiger partial charge on any atom is 0.253 e. The van der Waals surface area contributed by atoms with Crippen LogP contribution in [0.5, 0.6) is 0 Å². The van der Waals surface area contributed by atoms with Gasteiger partial charge in [-0.25, -0.2) is 0 Å². The number of nitrogens with two attached hydrogens (primary N) is 1. The van der Waals surface area contributed by atoms with Crippen molar-refractivity contribution in [3.63, 3.8) is 0 Å². The van der Waals surface area contributed by atoms with Crippen LogP contribution in [0.15, 0.2) is 24.3 Å². The predicted molar refractivity (Wildman–Crippen MR) is 57.7 cm³/mol. The fraction of sp³-hybridized carbons (Fsp3) is 0.364. The number of nitrogens with one attached hydrogen (secondary N) is 1. The third-order valence-corrected chi connectivity index (χ3v) is 2.48. The number of carbonyl (C=O) groups is 1.